The minimum Gasteiger partial charge on any atom is -0.393 e. The molecule has 0 radical (unpaired) electrons. The van der Waals surface area contributed by atoms with E-state index in [1.807, 2.05) is 9.80 Å². The van der Waals surface area contributed by atoms with Gasteiger partial charge in [-0.15, -0.1) is 0 Å². The highest BCUT2D eigenvalue weighted by Crippen LogP contribution is 2.23. The Kier molecular flexibility index (Phi) is 4.45. The van der Waals surface area contributed by atoms with Gasteiger partial charge in [-0.25, -0.2) is 0 Å². The fourth-order valence-corrected chi connectivity index (χ4v) is 2.90. The maximum Gasteiger partial charge on any atom is 0.227 e. The normalized spacial score (nSPS) is 25.5. The highest BCUT2D eigenvalue weighted by atomic mass is 16.3. The third kappa shape index (κ3) is 3.47. The van der Waals surface area contributed by atoms with Crippen LogP contribution in [0.3, 0.4) is 0 Å². The van der Waals surface area contributed by atoms with E-state index < -0.39 is 0 Å². The number of nitrogens with zero attached hydrogens (tertiary/aromatic N) is 2. The predicted molar refractivity (Wildman–Crippen MR) is 71.3 cm³/mol. The van der Waals surface area contributed by atoms with E-state index in [9.17, 15) is 14.7 Å². The van der Waals surface area contributed by atoms with E-state index in [0.717, 1.165) is 6.54 Å². The molecule has 5 heteroatoms. The number of amides is 2. The second kappa shape index (κ2) is 5.90. The minimum absolute atomic E-state index is 0.0894. The van der Waals surface area contributed by atoms with Crippen molar-refractivity contribution in [2.24, 2.45) is 11.8 Å². The number of carbonyl (C=O) groups is 2. The molecule has 2 heterocycles. The van der Waals surface area contributed by atoms with Crippen LogP contribution in [0, 0.1) is 11.8 Å². The van der Waals surface area contributed by atoms with Crippen LogP contribution < -0.4 is 0 Å². The van der Waals surface area contributed by atoms with Crippen LogP contribution in [0.4, 0.5) is 0 Å². The summed E-state index contributed by atoms with van der Waals surface area (Å²) in [6.07, 6.45) is 1.39. The zero-order chi connectivity index (χ0) is 14.0. The molecule has 2 rings (SSSR count). The Morgan fingerprint density at radius 2 is 2.00 bits per heavy atom. The van der Waals surface area contributed by atoms with Crippen LogP contribution in [-0.4, -0.2) is 59.0 Å². The molecule has 2 fully saturated rings. The third-order valence-corrected chi connectivity index (χ3v) is 3.93. The minimum atomic E-state index is -0.272. The van der Waals surface area contributed by atoms with Crippen molar-refractivity contribution in [3.8, 4) is 0 Å². The monoisotopic (exact) mass is 268 g/mol. The molecule has 2 amide bonds. The lowest BCUT2D eigenvalue weighted by molar-refractivity contribution is -0.137. The Morgan fingerprint density at radius 3 is 2.58 bits per heavy atom. The van der Waals surface area contributed by atoms with Crippen molar-refractivity contribution in [3.05, 3.63) is 0 Å². The molecule has 2 aliphatic rings. The molecule has 0 aromatic heterocycles. The Hall–Kier alpha value is -1.10. The summed E-state index contributed by atoms with van der Waals surface area (Å²) >= 11 is 0. The molecule has 0 aliphatic carbocycles. The number of hydrogen-bond acceptors (Lipinski definition) is 3. The standard InChI is InChI=1S/C14H24N2O3/c1-10(2)8-16-9-11(7-13(16)18)14(19)15-5-3-12(17)4-6-15/h10-12,17H,3-9H2,1-2H3. The average Bonchev–Trinajstić information content (AvgIpc) is 2.70. The van der Waals surface area contributed by atoms with Gasteiger partial charge in [-0.3, -0.25) is 9.59 Å². The molecular weight excluding hydrogens is 244 g/mol. The van der Waals surface area contributed by atoms with E-state index in [1.165, 1.54) is 0 Å². The summed E-state index contributed by atoms with van der Waals surface area (Å²) in [7, 11) is 0. The smallest absolute Gasteiger partial charge is 0.227 e. The van der Waals surface area contributed by atoms with Crippen molar-refractivity contribution in [3.63, 3.8) is 0 Å². The predicted octanol–water partition coefficient (Wildman–Crippen LogP) is 0.474. The Bertz CT molecular complexity index is 349. The van der Waals surface area contributed by atoms with Crippen molar-refractivity contribution < 1.29 is 14.7 Å². The molecule has 2 aliphatic heterocycles. The molecule has 1 unspecified atom stereocenters. The van der Waals surface area contributed by atoms with Gasteiger partial charge in [0.2, 0.25) is 11.8 Å². The van der Waals surface area contributed by atoms with Crippen LogP contribution in [-0.2, 0) is 9.59 Å². The van der Waals surface area contributed by atoms with Crippen LogP contribution in [0.1, 0.15) is 33.1 Å². The van der Waals surface area contributed by atoms with E-state index in [0.29, 0.717) is 44.8 Å². The van der Waals surface area contributed by atoms with Gasteiger partial charge in [0.25, 0.3) is 0 Å². The SMILES string of the molecule is CC(C)CN1CC(C(=O)N2CCC(O)CC2)CC1=O. The zero-order valence-corrected chi connectivity index (χ0v) is 11.8. The van der Waals surface area contributed by atoms with E-state index >= 15 is 0 Å². The number of piperidine rings is 1. The molecular formula is C14H24N2O3. The van der Waals surface area contributed by atoms with Crippen LogP contribution in [0.2, 0.25) is 0 Å². The quantitative estimate of drug-likeness (QED) is 0.809. The zero-order valence-electron chi connectivity index (χ0n) is 11.8. The second-order valence-corrected chi connectivity index (χ2v) is 6.15. The Labute approximate surface area is 114 Å². The summed E-state index contributed by atoms with van der Waals surface area (Å²) in [6, 6.07) is 0. The molecule has 0 bridgehead atoms. The van der Waals surface area contributed by atoms with E-state index in [1.54, 1.807) is 0 Å². The molecule has 108 valence electrons. The topological polar surface area (TPSA) is 60.9 Å². The molecule has 5 nitrogen and oxygen atoms in total. The van der Waals surface area contributed by atoms with Gasteiger partial charge in [0.05, 0.1) is 12.0 Å². The number of hydrogen-bond donors (Lipinski definition) is 1. The number of aliphatic hydroxyl groups is 1. The van der Waals surface area contributed by atoms with Gasteiger partial charge in [0.1, 0.15) is 0 Å². The van der Waals surface area contributed by atoms with Gasteiger partial charge in [-0.2, -0.15) is 0 Å². The molecule has 0 spiro atoms. The Balaban J connectivity index is 1.89. The van der Waals surface area contributed by atoms with Crippen LogP contribution in [0.15, 0.2) is 0 Å². The summed E-state index contributed by atoms with van der Waals surface area (Å²) in [5, 5.41) is 9.46. The van der Waals surface area contributed by atoms with E-state index in [4.69, 9.17) is 0 Å². The van der Waals surface area contributed by atoms with Gasteiger partial charge in [-0.05, 0) is 18.8 Å². The average molecular weight is 268 g/mol. The van der Waals surface area contributed by atoms with Gasteiger partial charge in [-0.1, -0.05) is 13.8 Å². The van der Waals surface area contributed by atoms with Crippen LogP contribution in [0.5, 0.6) is 0 Å². The maximum atomic E-state index is 12.3. The first-order valence-corrected chi connectivity index (χ1v) is 7.22. The highest BCUT2D eigenvalue weighted by molar-refractivity contribution is 5.89. The van der Waals surface area contributed by atoms with E-state index in [2.05, 4.69) is 13.8 Å². The number of carbonyl (C=O) groups excluding carboxylic acids is 2. The summed E-state index contributed by atoms with van der Waals surface area (Å²) in [5.74, 6) is 0.444. The molecule has 0 aromatic rings. The molecule has 0 saturated carbocycles. The number of rotatable bonds is 3. The van der Waals surface area contributed by atoms with Crippen molar-refractivity contribution in [2.75, 3.05) is 26.2 Å². The number of aliphatic hydroxyl groups excluding tert-OH is 1. The summed E-state index contributed by atoms with van der Waals surface area (Å²) < 4.78 is 0. The molecule has 1 atom stereocenters. The number of likely N-dealkylation sites (tertiary alicyclic amines) is 2. The first-order chi connectivity index (χ1) is 8.97. The lowest BCUT2D eigenvalue weighted by atomic mass is 10.0. The first kappa shape index (κ1) is 14.3. The Morgan fingerprint density at radius 1 is 1.37 bits per heavy atom. The van der Waals surface area contributed by atoms with Crippen LogP contribution >= 0.6 is 0 Å². The fourth-order valence-electron chi connectivity index (χ4n) is 2.90. The van der Waals surface area contributed by atoms with Gasteiger partial charge < -0.3 is 14.9 Å². The van der Waals surface area contributed by atoms with Gasteiger partial charge in [0, 0.05) is 32.6 Å². The van der Waals surface area contributed by atoms with Crippen molar-refractivity contribution >= 4 is 11.8 Å². The largest absolute Gasteiger partial charge is 0.393 e. The lowest BCUT2D eigenvalue weighted by Crippen LogP contribution is -2.43. The molecule has 0 aromatic carbocycles. The molecule has 2 saturated heterocycles. The van der Waals surface area contributed by atoms with Crippen molar-refractivity contribution in [1.29, 1.82) is 0 Å². The molecule has 1 N–H and O–H groups in total. The summed E-state index contributed by atoms with van der Waals surface area (Å²) in [6.45, 7) is 6.70. The highest BCUT2D eigenvalue weighted by Gasteiger charge is 2.37. The third-order valence-electron chi connectivity index (χ3n) is 3.93. The van der Waals surface area contributed by atoms with Crippen molar-refractivity contribution in [1.82, 2.24) is 9.80 Å². The fraction of sp³-hybridized carbons (Fsp3) is 0.857. The van der Waals surface area contributed by atoms with Gasteiger partial charge in [0.15, 0.2) is 0 Å². The first-order valence-electron chi connectivity index (χ1n) is 7.22. The lowest BCUT2D eigenvalue weighted by Gasteiger charge is -2.31. The summed E-state index contributed by atoms with van der Waals surface area (Å²) in [5.41, 5.74) is 0. The van der Waals surface area contributed by atoms with Crippen LogP contribution in [0.25, 0.3) is 0 Å². The van der Waals surface area contributed by atoms with Gasteiger partial charge >= 0.3 is 0 Å². The van der Waals surface area contributed by atoms with E-state index in [-0.39, 0.29) is 23.8 Å². The second-order valence-electron chi connectivity index (χ2n) is 6.15. The maximum absolute atomic E-state index is 12.3. The molecule has 19 heavy (non-hydrogen) atoms. The summed E-state index contributed by atoms with van der Waals surface area (Å²) in [4.78, 5) is 27.8. The van der Waals surface area contributed by atoms with Crippen molar-refractivity contribution in [2.45, 2.75) is 39.2 Å².